The molecule has 5 rings (SSSR count). The second-order valence-electron chi connectivity index (χ2n) is 12.2. The topological polar surface area (TPSA) is 55.1 Å². The highest BCUT2D eigenvalue weighted by Crippen LogP contribution is 2.69. The maximum absolute atomic E-state index is 8.58. The number of hydrogen-bond acceptors (Lipinski definition) is 4. The lowest BCUT2D eigenvalue weighted by molar-refractivity contribution is -0.135. The van der Waals surface area contributed by atoms with E-state index in [0.717, 1.165) is 42.1 Å². The number of thiophene rings is 1. The van der Waals surface area contributed by atoms with Crippen molar-refractivity contribution in [3.63, 3.8) is 0 Å². The zero-order valence-electron chi connectivity index (χ0n) is 21.8. The number of primary amides is 1. The van der Waals surface area contributed by atoms with Crippen LogP contribution in [0.3, 0.4) is 0 Å². The average molecular weight is 505 g/mol. The highest BCUT2D eigenvalue weighted by molar-refractivity contribution is 7.99. The van der Waals surface area contributed by atoms with Gasteiger partial charge in [0.25, 0.3) is 0 Å². The first-order valence-corrected chi connectivity index (χ1v) is 15.8. The highest BCUT2D eigenvalue weighted by atomic mass is 32.2. The van der Waals surface area contributed by atoms with Crippen molar-refractivity contribution in [3.05, 3.63) is 17.5 Å². The fourth-order valence-electron chi connectivity index (χ4n) is 9.47. The number of nitrogens with one attached hydrogen (secondary N) is 1. The van der Waals surface area contributed by atoms with Crippen LogP contribution in [0.4, 0.5) is 0 Å². The number of rotatable bonds is 7. The molecule has 192 valence electrons. The van der Waals surface area contributed by atoms with Crippen LogP contribution in [-0.2, 0) is 4.79 Å². The summed E-state index contributed by atoms with van der Waals surface area (Å²) in [6.45, 7) is 9.14. The van der Waals surface area contributed by atoms with E-state index in [1.54, 1.807) is 19.3 Å². The average Bonchev–Trinajstić information content (AvgIpc) is 3.46. The van der Waals surface area contributed by atoms with Gasteiger partial charge in [-0.25, -0.2) is 0 Å². The molecule has 0 radical (unpaired) electrons. The lowest BCUT2D eigenvalue weighted by Crippen LogP contribution is -2.55. The Hall–Kier alpha value is -0.520. The molecular formula is C29H48N2OS2. The molecule has 4 fully saturated rings. The van der Waals surface area contributed by atoms with E-state index >= 15 is 0 Å². The van der Waals surface area contributed by atoms with Crippen molar-refractivity contribution in [2.24, 2.45) is 52.1 Å². The van der Waals surface area contributed by atoms with Crippen LogP contribution in [0.25, 0.3) is 0 Å². The van der Waals surface area contributed by atoms with E-state index in [9.17, 15) is 0 Å². The van der Waals surface area contributed by atoms with Crippen molar-refractivity contribution in [1.29, 1.82) is 0 Å². The van der Waals surface area contributed by atoms with E-state index < -0.39 is 0 Å². The Morgan fingerprint density at radius 2 is 1.91 bits per heavy atom. The maximum atomic E-state index is 8.58. The summed E-state index contributed by atoms with van der Waals surface area (Å²) in [5, 5.41) is 2.17. The molecule has 0 bridgehead atoms. The molecule has 1 aromatic rings. The first-order chi connectivity index (χ1) is 16.5. The van der Waals surface area contributed by atoms with Gasteiger partial charge in [0.05, 0.1) is 4.21 Å². The van der Waals surface area contributed by atoms with Gasteiger partial charge >= 0.3 is 0 Å². The standard InChI is InChI=1S/C28H45NS2.CH3NO/c1-4-20-19-22-24-13-12-21(9-7-17-29-31-26-11-8-18-30-26)27(24,2)16-14-25(22)28(3)15-6-5-10-23(20)28;2-1-3/h8,11,18,20-25,29H,4-7,9-10,12-17,19H2,1-3H3;1H,(H2,2,3)/t20-,21?,22?,23?,24?,25-,27?,28?;/m0./s1. The third-order valence-electron chi connectivity index (χ3n) is 11.0. The minimum atomic E-state index is 0.250. The summed E-state index contributed by atoms with van der Waals surface area (Å²) >= 11 is 3.67. The molecule has 3 nitrogen and oxygen atoms in total. The van der Waals surface area contributed by atoms with Crippen LogP contribution < -0.4 is 10.5 Å². The van der Waals surface area contributed by atoms with Crippen molar-refractivity contribution in [1.82, 2.24) is 4.72 Å². The van der Waals surface area contributed by atoms with Gasteiger partial charge in [-0.05, 0) is 128 Å². The largest absolute Gasteiger partial charge is 0.372 e. The Balaban J connectivity index is 0.000000868. The predicted molar refractivity (Wildman–Crippen MR) is 147 cm³/mol. The van der Waals surface area contributed by atoms with E-state index in [2.05, 4.69) is 48.7 Å². The Morgan fingerprint density at radius 3 is 2.65 bits per heavy atom. The summed E-state index contributed by atoms with van der Waals surface area (Å²) < 4.78 is 5.01. The van der Waals surface area contributed by atoms with Gasteiger partial charge in [-0.3, -0.25) is 9.52 Å². The number of hydrogen-bond donors (Lipinski definition) is 2. The fourth-order valence-corrected chi connectivity index (χ4v) is 11.0. The van der Waals surface area contributed by atoms with E-state index in [1.165, 1.54) is 62.0 Å². The third-order valence-corrected chi connectivity index (χ3v) is 12.9. The SMILES string of the molecule is CC[C@H]1CC2C3CCC(CCCNSc4cccs4)C3(C)CC[C@@H]2C2(C)CCCCC12.NC=O. The normalized spacial score (nSPS) is 40.9. The second-order valence-corrected chi connectivity index (χ2v) is 14.3. The molecule has 0 saturated heterocycles. The van der Waals surface area contributed by atoms with Crippen LogP contribution in [0.5, 0.6) is 0 Å². The van der Waals surface area contributed by atoms with E-state index in [0.29, 0.717) is 10.8 Å². The van der Waals surface area contributed by atoms with Crippen molar-refractivity contribution < 1.29 is 4.79 Å². The van der Waals surface area contributed by atoms with Crippen LogP contribution in [0.1, 0.15) is 97.8 Å². The van der Waals surface area contributed by atoms with Gasteiger partial charge in [0, 0.05) is 6.54 Å². The van der Waals surface area contributed by atoms with Gasteiger partial charge in [0.2, 0.25) is 6.41 Å². The molecule has 3 N–H and O–H groups in total. The lowest BCUT2D eigenvalue weighted by atomic mass is 9.42. The van der Waals surface area contributed by atoms with Crippen LogP contribution >= 0.6 is 23.3 Å². The molecule has 8 atom stereocenters. The Morgan fingerprint density at radius 1 is 1.12 bits per heavy atom. The molecule has 0 spiro atoms. The lowest BCUT2D eigenvalue weighted by Gasteiger charge is -2.62. The van der Waals surface area contributed by atoms with Gasteiger partial charge in [0.1, 0.15) is 0 Å². The van der Waals surface area contributed by atoms with Gasteiger partial charge in [-0.15, -0.1) is 11.3 Å². The Kier molecular flexibility index (Phi) is 9.12. The Bertz CT molecular complexity index is 770. The molecule has 1 amide bonds. The fraction of sp³-hybridized carbons (Fsp3) is 0.828. The first kappa shape index (κ1) is 26.5. The minimum absolute atomic E-state index is 0.250. The summed E-state index contributed by atoms with van der Waals surface area (Å²) in [7, 11) is 0. The van der Waals surface area contributed by atoms with Gasteiger partial charge < -0.3 is 5.73 Å². The highest BCUT2D eigenvalue weighted by Gasteiger charge is 2.60. The van der Waals surface area contributed by atoms with Crippen LogP contribution in [-0.4, -0.2) is 13.0 Å². The molecule has 5 heteroatoms. The van der Waals surface area contributed by atoms with Crippen molar-refractivity contribution in [2.45, 2.75) is 102 Å². The molecular weight excluding hydrogens is 456 g/mol. The van der Waals surface area contributed by atoms with Gasteiger partial charge in [-0.1, -0.05) is 46.1 Å². The quantitative estimate of drug-likeness (QED) is 0.225. The first-order valence-electron chi connectivity index (χ1n) is 14.1. The van der Waals surface area contributed by atoms with Crippen molar-refractivity contribution in [3.8, 4) is 0 Å². The Labute approximate surface area is 216 Å². The summed E-state index contributed by atoms with van der Waals surface area (Å²) in [5.74, 6) is 6.15. The summed E-state index contributed by atoms with van der Waals surface area (Å²) in [5.41, 5.74) is 5.47. The predicted octanol–water partition coefficient (Wildman–Crippen LogP) is 7.91. The maximum Gasteiger partial charge on any atom is 0.204 e. The minimum Gasteiger partial charge on any atom is -0.372 e. The van der Waals surface area contributed by atoms with E-state index in [1.807, 2.05) is 23.3 Å². The summed E-state index contributed by atoms with van der Waals surface area (Å²) in [4.78, 5) is 8.58. The number of fused-ring (bicyclic) bond motifs is 5. The van der Waals surface area contributed by atoms with Crippen LogP contribution in [0.2, 0.25) is 0 Å². The molecule has 4 saturated carbocycles. The number of carbonyl (C=O) groups is 1. The molecule has 1 heterocycles. The van der Waals surface area contributed by atoms with Gasteiger partial charge in [-0.2, -0.15) is 0 Å². The second kappa shape index (κ2) is 11.7. The molecule has 1 aromatic heterocycles. The number of nitrogens with two attached hydrogens (primary N) is 1. The van der Waals surface area contributed by atoms with Crippen LogP contribution in [0, 0.1) is 46.3 Å². The smallest absolute Gasteiger partial charge is 0.204 e. The van der Waals surface area contributed by atoms with Crippen molar-refractivity contribution in [2.75, 3.05) is 6.54 Å². The third kappa shape index (κ3) is 5.13. The van der Waals surface area contributed by atoms with E-state index in [4.69, 9.17) is 4.79 Å². The van der Waals surface area contributed by atoms with E-state index in [-0.39, 0.29) is 6.41 Å². The zero-order valence-corrected chi connectivity index (χ0v) is 23.4. The molecule has 34 heavy (non-hydrogen) atoms. The molecule has 6 unspecified atom stereocenters. The summed E-state index contributed by atoms with van der Waals surface area (Å²) in [6, 6.07) is 4.36. The van der Waals surface area contributed by atoms with Crippen LogP contribution in [0.15, 0.2) is 21.7 Å². The molecule has 0 aromatic carbocycles. The monoisotopic (exact) mass is 504 g/mol. The van der Waals surface area contributed by atoms with Crippen molar-refractivity contribution >= 4 is 29.7 Å². The number of amides is 1. The molecule has 4 aliphatic rings. The van der Waals surface area contributed by atoms with Gasteiger partial charge in [0.15, 0.2) is 0 Å². The molecule has 0 aliphatic heterocycles. The zero-order chi connectivity index (χ0) is 24.2. The summed E-state index contributed by atoms with van der Waals surface area (Å²) in [6.07, 6.45) is 18.3. The molecule has 4 aliphatic carbocycles. The number of carbonyl (C=O) groups excluding carboxylic acids is 1.